The molecule has 0 aliphatic rings. The third kappa shape index (κ3) is 3.62. The van der Waals surface area contributed by atoms with E-state index in [0.717, 1.165) is 0 Å². The van der Waals surface area contributed by atoms with Gasteiger partial charge in [-0.3, -0.25) is 0 Å². The fraction of sp³-hybridized carbons (Fsp3) is 0.200. The molecule has 0 aliphatic carbocycles. The molecule has 3 aromatic heterocycles. The first-order chi connectivity index (χ1) is 14.6. The van der Waals surface area contributed by atoms with Gasteiger partial charge in [-0.2, -0.15) is 0 Å². The first-order valence-corrected chi connectivity index (χ1v) is 8.86. The number of imidazole rings is 1. The average molecular weight is 410 g/mol. The number of benzene rings is 1. The van der Waals surface area contributed by atoms with E-state index in [9.17, 15) is 4.79 Å². The van der Waals surface area contributed by atoms with Crippen molar-refractivity contribution < 1.29 is 28.2 Å². The van der Waals surface area contributed by atoms with Gasteiger partial charge < -0.3 is 27.8 Å². The van der Waals surface area contributed by atoms with Crippen LogP contribution in [0.25, 0.3) is 17.1 Å². The number of fused-ring (bicyclic) bond motifs is 1. The van der Waals surface area contributed by atoms with E-state index in [-0.39, 0.29) is 24.1 Å². The van der Waals surface area contributed by atoms with Crippen molar-refractivity contribution in [3.05, 3.63) is 54.3 Å². The van der Waals surface area contributed by atoms with Crippen LogP contribution >= 0.6 is 0 Å². The van der Waals surface area contributed by atoms with Crippen LogP contribution in [-0.4, -0.2) is 46.9 Å². The zero-order valence-corrected chi connectivity index (χ0v) is 16.5. The summed E-state index contributed by atoms with van der Waals surface area (Å²) in [5, 5.41) is 7.92. The summed E-state index contributed by atoms with van der Waals surface area (Å²) in [6, 6.07) is 8.83. The lowest BCUT2D eigenvalue weighted by atomic mass is 10.2. The Morgan fingerprint density at radius 3 is 2.50 bits per heavy atom. The summed E-state index contributed by atoms with van der Waals surface area (Å²) in [4.78, 5) is 16.5. The lowest BCUT2D eigenvalue weighted by Gasteiger charge is -2.12. The minimum absolute atomic E-state index is 0.135. The zero-order valence-electron chi connectivity index (χ0n) is 16.5. The Morgan fingerprint density at radius 1 is 1.07 bits per heavy atom. The SMILES string of the molecule is COc1cc(-c2nnc(COC(=O)c3cn4ccccc4n3)o2)cc(OC)c1OC. The Bertz CT molecular complexity index is 1140. The van der Waals surface area contributed by atoms with Gasteiger partial charge in [-0.05, 0) is 24.3 Å². The summed E-state index contributed by atoms with van der Waals surface area (Å²) in [7, 11) is 4.54. The first kappa shape index (κ1) is 19.2. The highest BCUT2D eigenvalue weighted by atomic mass is 16.5. The van der Waals surface area contributed by atoms with E-state index in [4.69, 9.17) is 23.4 Å². The molecule has 10 nitrogen and oxygen atoms in total. The van der Waals surface area contributed by atoms with Crippen molar-refractivity contribution in [1.82, 2.24) is 19.6 Å². The first-order valence-electron chi connectivity index (χ1n) is 8.86. The molecule has 0 saturated carbocycles. The number of carbonyl (C=O) groups excluding carboxylic acids is 1. The zero-order chi connectivity index (χ0) is 21.1. The molecule has 10 heteroatoms. The molecule has 4 aromatic rings. The van der Waals surface area contributed by atoms with E-state index < -0.39 is 5.97 Å². The van der Waals surface area contributed by atoms with Crippen LogP contribution in [0, 0.1) is 0 Å². The third-order valence-corrected chi connectivity index (χ3v) is 4.28. The highest BCUT2D eigenvalue weighted by Gasteiger charge is 2.19. The molecule has 1 aromatic carbocycles. The molecule has 0 aliphatic heterocycles. The number of hydrogen-bond donors (Lipinski definition) is 0. The van der Waals surface area contributed by atoms with Gasteiger partial charge in [0.05, 0.1) is 21.3 Å². The summed E-state index contributed by atoms with van der Waals surface area (Å²) >= 11 is 0. The molecule has 0 radical (unpaired) electrons. The molecule has 0 saturated heterocycles. The van der Waals surface area contributed by atoms with Crippen LogP contribution in [-0.2, 0) is 11.3 Å². The van der Waals surface area contributed by atoms with E-state index in [1.165, 1.54) is 21.3 Å². The predicted molar refractivity (Wildman–Crippen MR) is 104 cm³/mol. The van der Waals surface area contributed by atoms with E-state index >= 15 is 0 Å². The van der Waals surface area contributed by atoms with Crippen LogP contribution in [0.3, 0.4) is 0 Å². The molecule has 4 rings (SSSR count). The topological polar surface area (TPSA) is 110 Å². The molecule has 0 spiro atoms. The fourth-order valence-corrected chi connectivity index (χ4v) is 2.87. The van der Waals surface area contributed by atoms with Crippen molar-refractivity contribution in [3.63, 3.8) is 0 Å². The quantitative estimate of drug-likeness (QED) is 0.425. The van der Waals surface area contributed by atoms with Gasteiger partial charge in [0.25, 0.3) is 5.89 Å². The number of carbonyl (C=O) groups is 1. The molecule has 0 atom stereocenters. The molecule has 0 unspecified atom stereocenters. The summed E-state index contributed by atoms with van der Waals surface area (Å²) in [5.74, 6) is 1.11. The maximum Gasteiger partial charge on any atom is 0.359 e. The van der Waals surface area contributed by atoms with Gasteiger partial charge in [0.1, 0.15) is 5.65 Å². The van der Waals surface area contributed by atoms with E-state index in [2.05, 4.69) is 15.2 Å². The van der Waals surface area contributed by atoms with Crippen LogP contribution in [0.5, 0.6) is 17.2 Å². The number of ether oxygens (including phenoxy) is 4. The maximum absolute atomic E-state index is 12.3. The Hall–Kier alpha value is -4.08. The molecule has 0 bridgehead atoms. The standard InChI is InChI=1S/C20H18N4O6/c1-26-14-8-12(9-15(27-2)18(14)28-3)19-23-22-17(30-19)11-29-20(25)13-10-24-7-5-4-6-16(24)21-13/h4-10H,11H2,1-3H3. The van der Waals surface area contributed by atoms with Gasteiger partial charge in [-0.1, -0.05) is 6.07 Å². The number of pyridine rings is 1. The van der Waals surface area contributed by atoms with Crippen molar-refractivity contribution in [2.45, 2.75) is 6.61 Å². The number of aromatic nitrogens is 4. The van der Waals surface area contributed by atoms with E-state index in [1.807, 2.05) is 12.1 Å². The fourth-order valence-electron chi connectivity index (χ4n) is 2.87. The minimum atomic E-state index is -0.591. The molecule has 3 heterocycles. The van der Waals surface area contributed by atoms with Crippen molar-refractivity contribution >= 4 is 11.6 Å². The maximum atomic E-state index is 12.3. The Balaban J connectivity index is 1.49. The second-order valence-electron chi connectivity index (χ2n) is 6.08. The van der Waals surface area contributed by atoms with Gasteiger partial charge in [0.15, 0.2) is 23.8 Å². The smallest absolute Gasteiger partial charge is 0.359 e. The molecule has 30 heavy (non-hydrogen) atoms. The number of hydrogen-bond acceptors (Lipinski definition) is 9. The number of methoxy groups -OCH3 is 3. The number of esters is 1. The molecular formula is C20H18N4O6. The Morgan fingerprint density at radius 2 is 1.83 bits per heavy atom. The van der Waals surface area contributed by atoms with Crippen LogP contribution in [0.2, 0.25) is 0 Å². The van der Waals surface area contributed by atoms with Gasteiger partial charge in [-0.25, -0.2) is 9.78 Å². The number of rotatable bonds is 7. The predicted octanol–water partition coefficient (Wildman–Crippen LogP) is 2.77. The summed E-state index contributed by atoms with van der Waals surface area (Å²) in [6.07, 6.45) is 3.38. The molecular weight excluding hydrogens is 392 g/mol. The van der Waals surface area contributed by atoms with Crippen LogP contribution in [0.15, 0.2) is 47.1 Å². The Labute approximate surface area is 171 Å². The number of nitrogens with zero attached hydrogens (tertiary/aromatic N) is 4. The van der Waals surface area contributed by atoms with Crippen molar-refractivity contribution in [3.8, 4) is 28.7 Å². The van der Waals surface area contributed by atoms with Crippen LogP contribution < -0.4 is 14.2 Å². The van der Waals surface area contributed by atoms with Crippen molar-refractivity contribution in [1.29, 1.82) is 0 Å². The van der Waals surface area contributed by atoms with Crippen LogP contribution in [0.1, 0.15) is 16.4 Å². The lowest BCUT2D eigenvalue weighted by molar-refractivity contribution is 0.0432. The van der Waals surface area contributed by atoms with E-state index in [0.29, 0.717) is 28.5 Å². The van der Waals surface area contributed by atoms with Gasteiger partial charge in [0.2, 0.25) is 11.6 Å². The second-order valence-corrected chi connectivity index (χ2v) is 6.08. The van der Waals surface area contributed by atoms with Gasteiger partial charge in [0, 0.05) is 18.0 Å². The molecule has 154 valence electrons. The summed E-state index contributed by atoms with van der Waals surface area (Å²) in [6.45, 7) is -0.190. The molecule has 0 N–H and O–H groups in total. The second kappa shape index (κ2) is 8.11. The van der Waals surface area contributed by atoms with Gasteiger partial charge >= 0.3 is 5.97 Å². The van der Waals surface area contributed by atoms with Crippen LogP contribution in [0.4, 0.5) is 0 Å². The Kier molecular flexibility index (Phi) is 5.21. The van der Waals surface area contributed by atoms with E-state index in [1.54, 1.807) is 35.0 Å². The lowest BCUT2D eigenvalue weighted by Crippen LogP contribution is -2.05. The minimum Gasteiger partial charge on any atom is -0.493 e. The molecule has 0 fully saturated rings. The van der Waals surface area contributed by atoms with Crippen molar-refractivity contribution in [2.75, 3.05) is 21.3 Å². The summed E-state index contributed by atoms with van der Waals surface area (Å²) < 4.78 is 28.5. The monoisotopic (exact) mass is 410 g/mol. The highest BCUT2D eigenvalue weighted by Crippen LogP contribution is 2.40. The largest absolute Gasteiger partial charge is 0.493 e. The van der Waals surface area contributed by atoms with Gasteiger partial charge in [-0.15, -0.1) is 10.2 Å². The normalized spacial score (nSPS) is 10.8. The highest BCUT2D eigenvalue weighted by molar-refractivity contribution is 5.87. The average Bonchev–Trinajstić information content (AvgIpc) is 3.43. The van der Waals surface area contributed by atoms with Crippen molar-refractivity contribution in [2.24, 2.45) is 0 Å². The summed E-state index contributed by atoms with van der Waals surface area (Å²) in [5.41, 5.74) is 1.40. The molecule has 0 amide bonds. The third-order valence-electron chi connectivity index (χ3n) is 4.28.